The molecule has 35 heavy (non-hydrogen) atoms. The number of piperazine rings is 1. The minimum Gasteiger partial charge on any atom is -0.465 e. The number of imidazole rings is 1. The lowest BCUT2D eigenvalue weighted by Gasteiger charge is -2.35. The molecule has 3 heterocycles. The monoisotopic (exact) mass is 476 g/mol. The summed E-state index contributed by atoms with van der Waals surface area (Å²) in [6.45, 7) is 4.90. The molecule has 0 spiro atoms. The van der Waals surface area contributed by atoms with E-state index >= 15 is 4.39 Å². The topological polar surface area (TPSA) is 95.8 Å². The van der Waals surface area contributed by atoms with Crippen molar-refractivity contribution < 1.29 is 13.9 Å². The number of aromatic nitrogens is 3. The third kappa shape index (κ3) is 4.23. The maximum absolute atomic E-state index is 15.1. The zero-order valence-corrected chi connectivity index (χ0v) is 19.5. The van der Waals surface area contributed by atoms with Crippen molar-refractivity contribution in [3.63, 3.8) is 0 Å². The maximum Gasteiger partial charge on any atom is 0.343 e. The smallest absolute Gasteiger partial charge is 0.343 e. The highest BCUT2D eigenvalue weighted by Crippen LogP contribution is 2.26. The number of pyridine rings is 1. The van der Waals surface area contributed by atoms with Crippen LogP contribution in [0.15, 0.2) is 52.4 Å². The maximum atomic E-state index is 15.1. The number of nitrogens with zero attached hydrogens (tertiary/aromatic N) is 5. The van der Waals surface area contributed by atoms with E-state index in [0.717, 1.165) is 11.0 Å². The van der Waals surface area contributed by atoms with E-state index in [1.165, 1.54) is 19.4 Å². The van der Waals surface area contributed by atoms with Crippen LogP contribution in [0.5, 0.6) is 0 Å². The Morgan fingerprint density at radius 3 is 2.71 bits per heavy atom. The average Bonchev–Trinajstić information content (AvgIpc) is 3.31. The number of hydrogen-bond acceptors (Lipinski definition) is 6. The Labute approximate surface area is 200 Å². The van der Waals surface area contributed by atoms with Crippen molar-refractivity contribution in [3.8, 4) is 0 Å². The molecule has 0 radical (unpaired) electrons. The quantitative estimate of drug-likeness (QED) is 0.270. The second-order valence-electron chi connectivity index (χ2n) is 8.32. The Morgan fingerprint density at radius 1 is 1.23 bits per heavy atom. The molecular weight excluding hydrogens is 451 g/mol. The molecule has 1 N–H and O–H groups in total. The van der Waals surface area contributed by atoms with E-state index in [0.29, 0.717) is 49.9 Å². The number of hydrogen-bond donors (Lipinski definition) is 1. The molecule has 0 saturated carbocycles. The number of carbonyl (C=O) groups is 1. The fourth-order valence-electron chi connectivity index (χ4n) is 4.37. The van der Waals surface area contributed by atoms with Crippen LogP contribution in [-0.2, 0) is 11.3 Å². The first-order valence-corrected chi connectivity index (χ1v) is 11.4. The average molecular weight is 477 g/mol. The van der Waals surface area contributed by atoms with E-state index in [9.17, 15) is 9.59 Å². The van der Waals surface area contributed by atoms with Crippen LogP contribution < -0.4 is 10.3 Å². The molecule has 0 atom stereocenters. The van der Waals surface area contributed by atoms with Gasteiger partial charge in [0.25, 0.3) is 0 Å². The number of H-pyrrole nitrogens is 1. The molecule has 0 unspecified atom stereocenters. The van der Waals surface area contributed by atoms with E-state index in [1.54, 1.807) is 17.0 Å². The number of halogens is 1. The second kappa shape index (κ2) is 9.21. The van der Waals surface area contributed by atoms with E-state index in [-0.39, 0.29) is 10.9 Å². The Hall–Kier alpha value is -4.21. The molecule has 0 aliphatic carbocycles. The van der Waals surface area contributed by atoms with Gasteiger partial charge in [0.05, 0.1) is 35.7 Å². The summed E-state index contributed by atoms with van der Waals surface area (Å²) in [6.07, 6.45) is 3.24. The number of nitrogens with one attached hydrogen (secondary N) is 1. The molecule has 1 aliphatic rings. The molecule has 1 fully saturated rings. The van der Waals surface area contributed by atoms with Gasteiger partial charge in [-0.25, -0.2) is 19.2 Å². The molecule has 180 valence electrons. The number of carbonyl (C=O) groups excluding carboxylic acids is 1. The molecule has 9 nitrogen and oxygen atoms in total. The van der Waals surface area contributed by atoms with Crippen LogP contribution in [0, 0.1) is 5.82 Å². The molecule has 4 aromatic rings. The summed E-state index contributed by atoms with van der Waals surface area (Å²) >= 11 is 0. The number of methoxy groups -OCH3 is 1. The van der Waals surface area contributed by atoms with Crippen LogP contribution in [0.25, 0.3) is 21.9 Å². The minimum atomic E-state index is -0.732. The van der Waals surface area contributed by atoms with Gasteiger partial charge in [-0.2, -0.15) is 0 Å². The fourth-order valence-corrected chi connectivity index (χ4v) is 4.37. The highest BCUT2D eigenvalue weighted by atomic mass is 19.1. The van der Waals surface area contributed by atoms with Crippen LogP contribution in [0.2, 0.25) is 0 Å². The van der Waals surface area contributed by atoms with Crippen molar-refractivity contribution in [2.75, 3.05) is 38.2 Å². The number of aromatic amines is 1. The van der Waals surface area contributed by atoms with Gasteiger partial charge in [-0.3, -0.25) is 4.79 Å². The van der Waals surface area contributed by atoms with Crippen LogP contribution in [-0.4, -0.2) is 65.0 Å². The zero-order chi connectivity index (χ0) is 24.5. The molecular formula is C25H25FN6O3. The van der Waals surface area contributed by atoms with Crippen LogP contribution in [0.4, 0.5) is 16.0 Å². The summed E-state index contributed by atoms with van der Waals surface area (Å²) in [5, 5.41) is 0.160. The summed E-state index contributed by atoms with van der Waals surface area (Å²) in [7, 11) is 1.22. The third-order valence-electron chi connectivity index (χ3n) is 6.27. The third-order valence-corrected chi connectivity index (χ3v) is 6.27. The van der Waals surface area contributed by atoms with E-state index in [1.807, 2.05) is 36.1 Å². The normalized spacial score (nSPS) is 14.4. The molecule has 2 aromatic heterocycles. The lowest BCUT2D eigenvalue weighted by Crippen LogP contribution is -2.46. The molecule has 2 aromatic carbocycles. The number of para-hydroxylation sites is 2. The number of aryl methyl sites for hydroxylation is 1. The molecule has 1 aliphatic heterocycles. The minimum absolute atomic E-state index is 0.105. The fraction of sp³-hybridized carbons (Fsp3) is 0.280. The van der Waals surface area contributed by atoms with Gasteiger partial charge in [-0.15, -0.1) is 0 Å². The van der Waals surface area contributed by atoms with Crippen LogP contribution >= 0.6 is 0 Å². The molecule has 10 heteroatoms. The number of benzene rings is 2. The summed E-state index contributed by atoms with van der Waals surface area (Å²) in [6, 6.07) is 10.7. The summed E-state index contributed by atoms with van der Waals surface area (Å²) in [5.41, 5.74) is 2.16. The van der Waals surface area contributed by atoms with Crippen LogP contribution in [0.1, 0.15) is 17.3 Å². The second-order valence-corrected chi connectivity index (χ2v) is 8.32. The van der Waals surface area contributed by atoms with Crippen molar-refractivity contribution in [3.05, 3.63) is 64.2 Å². The van der Waals surface area contributed by atoms with Gasteiger partial charge in [0.1, 0.15) is 11.4 Å². The van der Waals surface area contributed by atoms with Crippen LogP contribution in [0.3, 0.4) is 0 Å². The summed E-state index contributed by atoms with van der Waals surface area (Å²) < 4.78 is 21.6. The lowest BCUT2D eigenvalue weighted by atomic mass is 10.1. The summed E-state index contributed by atoms with van der Waals surface area (Å²) in [4.78, 5) is 40.9. The van der Waals surface area contributed by atoms with Gasteiger partial charge in [0.2, 0.25) is 11.4 Å². The predicted molar refractivity (Wildman–Crippen MR) is 133 cm³/mol. The molecule has 1 saturated heterocycles. The number of aliphatic imine (C=N–C) groups is 1. The highest BCUT2D eigenvalue weighted by Gasteiger charge is 2.22. The number of fused-ring (bicyclic) bond motifs is 2. The number of rotatable bonds is 5. The van der Waals surface area contributed by atoms with Gasteiger partial charge >= 0.3 is 5.97 Å². The van der Waals surface area contributed by atoms with E-state index < -0.39 is 17.2 Å². The van der Waals surface area contributed by atoms with Crippen molar-refractivity contribution >= 4 is 45.9 Å². The lowest BCUT2D eigenvalue weighted by molar-refractivity contribution is 0.0598. The number of esters is 1. The Bertz CT molecular complexity index is 1470. The van der Waals surface area contributed by atoms with Crippen molar-refractivity contribution in [2.24, 2.45) is 4.99 Å². The standard InChI is InChI=1S/C25H25FN6O3/c1-3-31-14-17(24(34)35-2)23(33)16-12-18(26)22(13-21(16)31)32-10-8-30(9-11-32)15-27-25-28-19-6-4-5-7-20(19)29-25/h4-7,12-15H,3,8-11H2,1-2H3,(H,28,29)/b27-15-. The SMILES string of the molecule is CCn1cc(C(=O)OC)c(=O)c2cc(F)c(N3CCN(/C=N\c4nc5ccccc5[nH]4)CC3)cc21. The number of ether oxygens (including phenoxy) is 1. The largest absolute Gasteiger partial charge is 0.465 e. The van der Waals surface area contributed by atoms with Crippen molar-refractivity contribution in [1.82, 2.24) is 19.4 Å². The van der Waals surface area contributed by atoms with Crippen molar-refractivity contribution in [2.45, 2.75) is 13.5 Å². The van der Waals surface area contributed by atoms with E-state index in [4.69, 9.17) is 4.74 Å². The molecule has 0 amide bonds. The highest BCUT2D eigenvalue weighted by molar-refractivity contribution is 5.94. The van der Waals surface area contributed by atoms with Gasteiger partial charge < -0.3 is 24.1 Å². The first-order valence-electron chi connectivity index (χ1n) is 11.4. The first kappa shape index (κ1) is 22.6. The predicted octanol–water partition coefficient (Wildman–Crippen LogP) is 3.31. The van der Waals surface area contributed by atoms with E-state index in [2.05, 4.69) is 19.9 Å². The number of anilines is 1. The first-order chi connectivity index (χ1) is 17.0. The molecule has 5 rings (SSSR count). The van der Waals surface area contributed by atoms with Gasteiger partial charge in [0, 0.05) is 44.3 Å². The summed E-state index contributed by atoms with van der Waals surface area (Å²) in [5.74, 6) is -0.689. The molecule has 0 bridgehead atoms. The Morgan fingerprint density at radius 2 is 2.00 bits per heavy atom. The zero-order valence-electron chi connectivity index (χ0n) is 19.5. The Kier molecular flexibility index (Phi) is 5.94. The Balaban J connectivity index is 1.36. The van der Waals surface area contributed by atoms with Gasteiger partial charge in [-0.05, 0) is 31.2 Å². The van der Waals surface area contributed by atoms with Gasteiger partial charge in [0.15, 0.2) is 0 Å². The van der Waals surface area contributed by atoms with Gasteiger partial charge in [-0.1, -0.05) is 12.1 Å². The van der Waals surface area contributed by atoms with Crippen molar-refractivity contribution in [1.29, 1.82) is 0 Å².